The van der Waals surface area contributed by atoms with Crippen LogP contribution in [0, 0.1) is 0 Å². The Labute approximate surface area is 127 Å². The number of nitrogens with zero attached hydrogens (tertiary/aromatic N) is 2. The highest BCUT2D eigenvalue weighted by Crippen LogP contribution is 2.26. The monoisotopic (exact) mass is 340 g/mol. The Morgan fingerprint density at radius 1 is 1.24 bits per heavy atom. The molecule has 1 aromatic carbocycles. The molecular weight excluding hydrogens is 332 g/mol. The van der Waals surface area contributed by atoms with E-state index in [0.717, 1.165) is 0 Å². The molecule has 1 unspecified atom stereocenters. The largest absolute Gasteiger partial charge is 0.414 e. The molecule has 1 atom stereocenters. The Hall–Kier alpha value is -1.31. The van der Waals surface area contributed by atoms with E-state index in [9.17, 15) is 13.2 Å². The molecule has 4 nitrogen and oxygen atoms in total. The summed E-state index contributed by atoms with van der Waals surface area (Å²) < 4.78 is 41.3. The lowest BCUT2D eigenvalue weighted by molar-refractivity contribution is -0.204. The van der Waals surface area contributed by atoms with Crippen molar-refractivity contribution < 1.29 is 22.8 Å². The Morgan fingerprint density at radius 2 is 1.86 bits per heavy atom. The first-order valence-corrected chi connectivity index (χ1v) is 6.52. The maximum Gasteiger partial charge on any atom is 0.414 e. The fraction of sp³-hybridized carbons (Fsp3) is 0.333. The van der Waals surface area contributed by atoms with Crippen LogP contribution in [0.5, 0.6) is 0 Å². The van der Waals surface area contributed by atoms with Crippen LogP contribution in [-0.4, -0.2) is 27.5 Å². The van der Waals surface area contributed by atoms with Crippen LogP contribution >= 0.6 is 23.2 Å². The van der Waals surface area contributed by atoms with E-state index in [4.69, 9.17) is 28.3 Å². The summed E-state index contributed by atoms with van der Waals surface area (Å²) in [6, 6.07) is 4.91. The van der Waals surface area contributed by atoms with Crippen LogP contribution in [0.4, 0.5) is 13.2 Å². The molecular formula is C12H9Cl2F3N2O2. The molecule has 0 radical (unpaired) electrons. The number of benzene rings is 1. The molecule has 2 rings (SSSR count). The highest BCUT2D eigenvalue weighted by molar-refractivity contribution is 6.36. The average molecular weight is 341 g/mol. The average Bonchev–Trinajstić information content (AvgIpc) is 2.80. The normalized spacial score (nSPS) is 13.4. The van der Waals surface area contributed by atoms with Gasteiger partial charge in [-0.3, -0.25) is 0 Å². The van der Waals surface area contributed by atoms with E-state index >= 15 is 0 Å². The fourth-order valence-corrected chi connectivity index (χ4v) is 2.12. The Kier molecular flexibility index (Phi) is 4.75. The van der Waals surface area contributed by atoms with Crippen molar-refractivity contribution in [1.82, 2.24) is 10.1 Å². The minimum atomic E-state index is -4.74. The van der Waals surface area contributed by atoms with Gasteiger partial charge in [0.15, 0.2) is 11.9 Å². The van der Waals surface area contributed by atoms with E-state index in [1.807, 2.05) is 0 Å². The van der Waals surface area contributed by atoms with Crippen LogP contribution in [0.1, 0.15) is 17.3 Å². The van der Waals surface area contributed by atoms with Crippen molar-refractivity contribution in [2.75, 3.05) is 0 Å². The van der Waals surface area contributed by atoms with Crippen LogP contribution in [0.3, 0.4) is 0 Å². The van der Waals surface area contributed by atoms with E-state index < -0.39 is 18.7 Å². The zero-order valence-corrected chi connectivity index (χ0v) is 11.9. The molecule has 21 heavy (non-hydrogen) atoms. The smallest absolute Gasteiger partial charge is 0.383 e. The van der Waals surface area contributed by atoms with Gasteiger partial charge in [0.05, 0.1) is 6.42 Å². The number of aliphatic hydroxyl groups excluding tert-OH is 1. The molecule has 1 aromatic heterocycles. The van der Waals surface area contributed by atoms with Gasteiger partial charge in [0.2, 0.25) is 5.89 Å². The fourth-order valence-electron chi connectivity index (χ4n) is 1.59. The third-order valence-electron chi connectivity index (χ3n) is 2.65. The van der Waals surface area contributed by atoms with Crippen molar-refractivity contribution in [3.63, 3.8) is 0 Å². The summed E-state index contributed by atoms with van der Waals surface area (Å²) in [5.74, 6) is -0.174. The van der Waals surface area contributed by atoms with Crippen LogP contribution in [0.2, 0.25) is 10.0 Å². The molecule has 9 heteroatoms. The van der Waals surface area contributed by atoms with E-state index in [1.165, 1.54) is 0 Å². The number of halogens is 5. The second kappa shape index (κ2) is 6.21. The van der Waals surface area contributed by atoms with Gasteiger partial charge in [-0.15, -0.1) is 0 Å². The van der Waals surface area contributed by atoms with Gasteiger partial charge >= 0.3 is 6.18 Å². The van der Waals surface area contributed by atoms with Gasteiger partial charge in [-0.1, -0.05) is 34.4 Å². The maximum atomic E-state index is 12.2. The zero-order chi connectivity index (χ0) is 15.6. The van der Waals surface area contributed by atoms with Crippen molar-refractivity contribution in [1.29, 1.82) is 0 Å². The zero-order valence-electron chi connectivity index (χ0n) is 10.4. The van der Waals surface area contributed by atoms with Gasteiger partial charge in [0.1, 0.15) is 0 Å². The number of rotatable bonds is 4. The summed E-state index contributed by atoms with van der Waals surface area (Å²) in [6.07, 6.45) is -7.97. The van der Waals surface area contributed by atoms with E-state index in [1.54, 1.807) is 18.2 Å². The van der Waals surface area contributed by atoms with Crippen LogP contribution < -0.4 is 0 Å². The van der Waals surface area contributed by atoms with E-state index in [-0.39, 0.29) is 18.1 Å². The molecule has 1 heterocycles. The second-order valence-corrected chi connectivity index (χ2v) is 5.06. The molecule has 0 saturated heterocycles. The minimum absolute atomic E-state index is 0.115. The van der Waals surface area contributed by atoms with Crippen molar-refractivity contribution >= 4 is 23.2 Å². The molecule has 0 saturated carbocycles. The standard InChI is InChI=1S/C12H9Cl2F3N2O2/c13-7-2-1-3-8(14)6(7)4-10-18-11(21-19-10)5-9(20)12(15,16)17/h1-3,9,20H,4-5H2. The second-order valence-electron chi connectivity index (χ2n) is 4.24. The lowest BCUT2D eigenvalue weighted by atomic mass is 10.1. The van der Waals surface area contributed by atoms with Gasteiger partial charge in [-0.25, -0.2) is 0 Å². The molecule has 0 aliphatic carbocycles. The Balaban J connectivity index is 2.11. The lowest BCUT2D eigenvalue weighted by Gasteiger charge is -2.11. The number of aromatic nitrogens is 2. The molecule has 1 N–H and O–H groups in total. The molecule has 2 aromatic rings. The highest BCUT2D eigenvalue weighted by Gasteiger charge is 2.39. The predicted octanol–water partition coefficient (Wildman–Crippen LogP) is 3.43. The molecule has 0 bridgehead atoms. The third kappa shape index (κ3) is 4.09. The summed E-state index contributed by atoms with van der Waals surface area (Å²) >= 11 is 11.9. The first kappa shape index (κ1) is 16.1. The van der Waals surface area contributed by atoms with Crippen molar-refractivity contribution in [2.24, 2.45) is 0 Å². The van der Waals surface area contributed by atoms with Crippen LogP contribution in [0.15, 0.2) is 22.7 Å². The summed E-state index contributed by atoms with van der Waals surface area (Å²) in [6.45, 7) is 0. The SMILES string of the molecule is OC(Cc1nc(Cc2c(Cl)cccc2Cl)no1)C(F)(F)F. The van der Waals surface area contributed by atoms with Crippen molar-refractivity contribution in [3.05, 3.63) is 45.5 Å². The number of hydrogen-bond acceptors (Lipinski definition) is 4. The first-order chi connectivity index (χ1) is 9.77. The van der Waals surface area contributed by atoms with Gasteiger partial charge in [0.25, 0.3) is 0 Å². The summed E-state index contributed by atoms with van der Waals surface area (Å²) in [4.78, 5) is 3.79. The van der Waals surface area contributed by atoms with E-state index in [0.29, 0.717) is 15.6 Å². The first-order valence-electron chi connectivity index (χ1n) is 5.76. The molecule has 0 aliphatic rings. The van der Waals surface area contributed by atoms with Gasteiger partial charge in [-0.05, 0) is 17.7 Å². The lowest BCUT2D eigenvalue weighted by Crippen LogP contribution is -2.30. The van der Waals surface area contributed by atoms with Gasteiger partial charge < -0.3 is 9.63 Å². The summed E-state index contributed by atoms with van der Waals surface area (Å²) in [5.41, 5.74) is 0.546. The maximum absolute atomic E-state index is 12.2. The Morgan fingerprint density at radius 3 is 2.43 bits per heavy atom. The molecule has 0 amide bonds. The van der Waals surface area contributed by atoms with E-state index in [2.05, 4.69) is 14.7 Å². The number of hydrogen-bond donors (Lipinski definition) is 1. The van der Waals surface area contributed by atoms with Crippen LogP contribution in [-0.2, 0) is 12.8 Å². The van der Waals surface area contributed by atoms with Crippen LogP contribution in [0.25, 0.3) is 0 Å². The minimum Gasteiger partial charge on any atom is -0.383 e. The predicted molar refractivity (Wildman–Crippen MR) is 69.3 cm³/mol. The molecule has 0 spiro atoms. The van der Waals surface area contributed by atoms with Gasteiger partial charge in [0, 0.05) is 16.5 Å². The highest BCUT2D eigenvalue weighted by atomic mass is 35.5. The topological polar surface area (TPSA) is 59.2 Å². The Bertz CT molecular complexity index is 611. The molecule has 114 valence electrons. The third-order valence-corrected chi connectivity index (χ3v) is 3.36. The quantitative estimate of drug-likeness (QED) is 0.926. The van der Waals surface area contributed by atoms with Crippen molar-refractivity contribution in [2.45, 2.75) is 25.1 Å². The summed E-state index contributed by atoms with van der Waals surface area (Å²) in [5, 5.41) is 13.3. The van der Waals surface area contributed by atoms with Gasteiger partial charge in [-0.2, -0.15) is 18.2 Å². The van der Waals surface area contributed by atoms with Crippen molar-refractivity contribution in [3.8, 4) is 0 Å². The number of aliphatic hydroxyl groups is 1. The number of alkyl halides is 3. The summed E-state index contributed by atoms with van der Waals surface area (Å²) in [7, 11) is 0. The molecule has 0 fully saturated rings. The molecule has 0 aliphatic heterocycles.